The maximum Gasteiger partial charge on any atom is 0.401 e. The van der Waals surface area contributed by atoms with Gasteiger partial charge < -0.3 is 5.32 Å². The molecule has 0 aliphatic rings. The first-order valence-corrected chi connectivity index (χ1v) is 5.29. The lowest BCUT2D eigenvalue weighted by Gasteiger charge is -2.07. The van der Waals surface area contributed by atoms with Crippen LogP contribution in [0.3, 0.4) is 0 Å². The first kappa shape index (κ1) is 12.6. The molecule has 0 radical (unpaired) electrons. The summed E-state index contributed by atoms with van der Waals surface area (Å²) in [6, 6.07) is 5.07. The molecule has 18 heavy (non-hydrogen) atoms. The molecule has 0 bridgehead atoms. The van der Waals surface area contributed by atoms with Gasteiger partial charge in [0.25, 0.3) is 0 Å². The Morgan fingerprint density at radius 3 is 2.78 bits per heavy atom. The maximum absolute atomic E-state index is 11.9. The largest absolute Gasteiger partial charge is 0.401 e. The van der Waals surface area contributed by atoms with Gasteiger partial charge in [-0.1, -0.05) is 6.07 Å². The summed E-state index contributed by atoms with van der Waals surface area (Å²) in [4.78, 5) is 11.7. The lowest BCUT2D eigenvalue weighted by Crippen LogP contribution is -2.33. The molecule has 2 aromatic heterocycles. The van der Waals surface area contributed by atoms with Gasteiger partial charge in [-0.3, -0.25) is 4.40 Å². The van der Waals surface area contributed by atoms with E-state index in [0.717, 1.165) is 4.68 Å². The van der Waals surface area contributed by atoms with Crippen molar-refractivity contribution in [2.24, 2.45) is 0 Å². The van der Waals surface area contributed by atoms with Crippen molar-refractivity contribution in [2.75, 3.05) is 13.1 Å². The van der Waals surface area contributed by atoms with E-state index < -0.39 is 12.7 Å². The quantitative estimate of drug-likeness (QED) is 0.821. The molecule has 5 nitrogen and oxygen atoms in total. The van der Waals surface area contributed by atoms with E-state index in [1.807, 2.05) is 0 Å². The maximum atomic E-state index is 11.9. The van der Waals surface area contributed by atoms with Crippen molar-refractivity contribution in [3.8, 4) is 0 Å². The molecular formula is C10H11F3N4O. The zero-order valence-electron chi connectivity index (χ0n) is 9.31. The Bertz CT molecular complexity index is 587. The normalized spacial score (nSPS) is 12.2. The molecule has 2 heterocycles. The molecule has 0 amide bonds. The number of halogens is 3. The molecule has 0 atom stereocenters. The highest BCUT2D eigenvalue weighted by molar-refractivity contribution is 5.35. The van der Waals surface area contributed by atoms with Gasteiger partial charge in [-0.2, -0.15) is 13.2 Å². The van der Waals surface area contributed by atoms with E-state index in [9.17, 15) is 18.0 Å². The molecule has 8 heteroatoms. The summed E-state index contributed by atoms with van der Waals surface area (Å²) >= 11 is 0. The number of pyridine rings is 1. The Morgan fingerprint density at radius 2 is 2.11 bits per heavy atom. The van der Waals surface area contributed by atoms with Crippen LogP contribution < -0.4 is 11.0 Å². The van der Waals surface area contributed by atoms with Gasteiger partial charge in [0.15, 0.2) is 5.65 Å². The van der Waals surface area contributed by atoms with Crippen LogP contribution in [0.2, 0.25) is 0 Å². The Hall–Kier alpha value is -1.83. The monoisotopic (exact) mass is 260 g/mol. The second kappa shape index (κ2) is 4.81. The van der Waals surface area contributed by atoms with E-state index in [4.69, 9.17) is 0 Å². The third kappa shape index (κ3) is 2.89. The van der Waals surface area contributed by atoms with Gasteiger partial charge in [0.05, 0.1) is 13.1 Å². The van der Waals surface area contributed by atoms with Gasteiger partial charge in [0.2, 0.25) is 0 Å². The van der Waals surface area contributed by atoms with Crippen molar-refractivity contribution in [3.05, 3.63) is 34.9 Å². The molecule has 0 fully saturated rings. The summed E-state index contributed by atoms with van der Waals surface area (Å²) in [7, 11) is 0. The van der Waals surface area contributed by atoms with E-state index in [-0.39, 0.29) is 18.8 Å². The van der Waals surface area contributed by atoms with Crippen molar-refractivity contribution in [3.63, 3.8) is 0 Å². The SMILES string of the molecule is O=c1n(CCNCC(F)(F)F)nc2ccccn12. The summed E-state index contributed by atoms with van der Waals surface area (Å²) in [5.41, 5.74) is 0.109. The molecule has 0 aliphatic heterocycles. The molecule has 0 spiro atoms. The minimum Gasteiger partial charge on any atom is -0.307 e. The van der Waals surface area contributed by atoms with E-state index >= 15 is 0 Å². The van der Waals surface area contributed by atoms with Crippen LogP contribution in [0.1, 0.15) is 0 Å². The summed E-state index contributed by atoms with van der Waals surface area (Å²) in [6.45, 7) is -0.949. The molecule has 0 aliphatic carbocycles. The van der Waals surface area contributed by atoms with Crippen molar-refractivity contribution in [2.45, 2.75) is 12.7 Å². The van der Waals surface area contributed by atoms with Crippen LogP contribution in [-0.2, 0) is 6.54 Å². The number of hydrogen-bond acceptors (Lipinski definition) is 3. The summed E-state index contributed by atoms with van der Waals surface area (Å²) in [5, 5.41) is 6.20. The lowest BCUT2D eigenvalue weighted by molar-refractivity contribution is -0.124. The molecule has 0 saturated carbocycles. The zero-order chi connectivity index (χ0) is 13.2. The van der Waals surface area contributed by atoms with Crippen LogP contribution >= 0.6 is 0 Å². The van der Waals surface area contributed by atoms with Gasteiger partial charge in [0.1, 0.15) is 0 Å². The predicted molar refractivity (Wildman–Crippen MR) is 58.4 cm³/mol. The van der Waals surface area contributed by atoms with E-state index in [2.05, 4.69) is 10.4 Å². The van der Waals surface area contributed by atoms with Crippen molar-refractivity contribution in [1.29, 1.82) is 0 Å². The Labute approximate surface area is 99.8 Å². The van der Waals surface area contributed by atoms with Crippen molar-refractivity contribution in [1.82, 2.24) is 19.5 Å². The van der Waals surface area contributed by atoms with Gasteiger partial charge >= 0.3 is 11.9 Å². The Kier molecular flexibility index (Phi) is 3.37. The fourth-order valence-corrected chi connectivity index (χ4v) is 1.53. The second-order valence-electron chi connectivity index (χ2n) is 3.73. The highest BCUT2D eigenvalue weighted by atomic mass is 19.4. The average molecular weight is 260 g/mol. The summed E-state index contributed by atoms with van der Waals surface area (Å²) < 4.78 is 38.1. The van der Waals surface area contributed by atoms with E-state index in [1.165, 1.54) is 4.40 Å². The number of rotatable bonds is 4. The van der Waals surface area contributed by atoms with Crippen LogP contribution in [0.25, 0.3) is 5.65 Å². The summed E-state index contributed by atoms with van der Waals surface area (Å²) in [6.07, 6.45) is -2.69. The Balaban J connectivity index is 2.00. The number of alkyl halides is 3. The van der Waals surface area contributed by atoms with E-state index in [0.29, 0.717) is 5.65 Å². The fraction of sp³-hybridized carbons (Fsp3) is 0.400. The van der Waals surface area contributed by atoms with Crippen molar-refractivity contribution < 1.29 is 13.2 Å². The molecule has 2 aromatic rings. The van der Waals surface area contributed by atoms with Gasteiger partial charge in [-0.05, 0) is 12.1 Å². The Morgan fingerprint density at radius 1 is 1.33 bits per heavy atom. The standard InChI is InChI=1S/C10H11F3N4O/c11-10(12,13)7-14-4-6-17-9(18)16-5-2-1-3-8(16)15-17/h1-3,5,14H,4,6-7H2. The zero-order valence-corrected chi connectivity index (χ0v) is 9.31. The number of nitrogens with zero attached hydrogens (tertiary/aromatic N) is 3. The fourth-order valence-electron chi connectivity index (χ4n) is 1.53. The molecule has 0 unspecified atom stereocenters. The minimum atomic E-state index is -4.25. The summed E-state index contributed by atoms with van der Waals surface area (Å²) in [5.74, 6) is 0. The number of nitrogens with one attached hydrogen (secondary N) is 1. The third-order valence-electron chi connectivity index (χ3n) is 2.31. The predicted octanol–water partition coefficient (Wildman–Crippen LogP) is 0.648. The second-order valence-corrected chi connectivity index (χ2v) is 3.73. The number of hydrogen-bond donors (Lipinski definition) is 1. The first-order chi connectivity index (χ1) is 8.47. The first-order valence-electron chi connectivity index (χ1n) is 5.29. The highest BCUT2D eigenvalue weighted by Gasteiger charge is 2.25. The molecular weight excluding hydrogens is 249 g/mol. The molecule has 0 aromatic carbocycles. The van der Waals surface area contributed by atoms with Crippen LogP contribution in [-0.4, -0.2) is 33.4 Å². The van der Waals surface area contributed by atoms with Crippen LogP contribution in [0.5, 0.6) is 0 Å². The van der Waals surface area contributed by atoms with Gasteiger partial charge in [-0.25, -0.2) is 9.48 Å². The highest BCUT2D eigenvalue weighted by Crippen LogP contribution is 2.11. The van der Waals surface area contributed by atoms with Crippen LogP contribution in [0.4, 0.5) is 13.2 Å². The van der Waals surface area contributed by atoms with Crippen LogP contribution in [0, 0.1) is 0 Å². The average Bonchev–Trinajstić information content (AvgIpc) is 2.62. The number of fused-ring (bicyclic) bond motifs is 1. The van der Waals surface area contributed by atoms with E-state index in [1.54, 1.807) is 24.4 Å². The van der Waals surface area contributed by atoms with Crippen molar-refractivity contribution >= 4 is 5.65 Å². The minimum absolute atomic E-state index is 0.0311. The van der Waals surface area contributed by atoms with Gasteiger partial charge in [0, 0.05) is 12.7 Å². The molecule has 2 rings (SSSR count). The molecule has 98 valence electrons. The molecule has 1 N–H and O–H groups in total. The number of aromatic nitrogens is 3. The third-order valence-corrected chi connectivity index (χ3v) is 2.31. The molecule has 0 saturated heterocycles. The topological polar surface area (TPSA) is 51.3 Å². The smallest absolute Gasteiger partial charge is 0.307 e. The van der Waals surface area contributed by atoms with Crippen LogP contribution in [0.15, 0.2) is 29.2 Å². The lowest BCUT2D eigenvalue weighted by atomic mass is 10.5. The van der Waals surface area contributed by atoms with Gasteiger partial charge in [-0.15, -0.1) is 5.10 Å².